The largest absolute Gasteiger partial charge is 0.481 e. The van der Waals surface area contributed by atoms with Gasteiger partial charge in [0.25, 0.3) is 0 Å². The molecule has 0 aromatic heterocycles. The van der Waals surface area contributed by atoms with Crippen molar-refractivity contribution in [3.05, 3.63) is 54.1 Å². The van der Waals surface area contributed by atoms with Crippen LogP contribution in [0.5, 0.6) is 0 Å². The van der Waals surface area contributed by atoms with E-state index in [1.807, 2.05) is 13.0 Å². The van der Waals surface area contributed by atoms with E-state index < -0.39 is 11.4 Å². The fraction of sp³-hybridized carbons (Fsp3) is 0.561. The lowest BCUT2D eigenvalue weighted by Gasteiger charge is -2.64. The van der Waals surface area contributed by atoms with E-state index in [0.717, 1.165) is 61.8 Å². The molecule has 4 saturated carbocycles. The Labute approximate surface area is 279 Å². The molecule has 6 rings (SSSR count). The van der Waals surface area contributed by atoms with E-state index in [4.69, 9.17) is 11.6 Å². The van der Waals surface area contributed by atoms with Crippen molar-refractivity contribution in [2.45, 2.75) is 91.9 Å². The number of nitrogens with zero attached hydrogens (tertiary/aromatic N) is 1. The molecule has 5 aliphatic rings. The van der Waals surface area contributed by atoms with Gasteiger partial charge in [-0.1, -0.05) is 57.5 Å². The van der Waals surface area contributed by atoms with E-state index >= 15 is 0 Å². The van der Waals surface area contributed by atoms with E-state index in [-0.39, 0.29) is 5.41 Å². The second-order valence-corrected chi connectivity index (χ2v) is 14.4. The maximum absolute atomic E-state index is 12.4. The first-order valence-electron chi connectivity index (χ1n) is 16.7. The molecule has 0 radical (unpaired) electrons. The first kappa shape index (κ1) is 38.3. The summed E-state index contributed by atoms with van der Waals surface area (Å²) < 4.78 is 0. The standard InChI is InChI=1S/C32H45N3O2.C3H6.3C2H2/c1-30(2)24(19-6-4-7-20(18-19)28(33)35-34)14-16-31(3)25-11-9-23-21(22(25)10-12-27(30)31)13-17-32(29(36)37)15-5-8-26(23)32;1-3-2;3*1-2/h4,6-7,14,18,21-23,25-27H,5,8-13,15-17,34H2,1-3H3,(H2,33,35)(H,36,37);3H,1H2,2H3;3*1-2H/t21?,22?,23?,25?,26?,27?,31-,32+;;;;/m1..../s1. The third-order valence-electron chi connectivity index (χ3n) is 12.5. The average Bonchev–Trinajstić information content (AvgIpc) is 3.54. The van der Waals surface area contributed by atoms with E-state index in [2.05, 4.69) is 95.3 Å². The van der Waals surface area contributed by atoms with Gasteiger partial charge in [0.15, 0.2) is 0 Å². The molecule has 1 aromatic rings. The van der Waals surface area contributed by atoms with Gasteiger partial charge in [-0.15, -0.1) is 45.1 Å². The monoisotopic (exact) mass is 623 g/mol. The fourth-order valence-corrected chi connectivity index (χ4v) is 11.0. The molecule has 0 bridgehead atoms. The summed E-state index contributed by atoms with van der Waals surface area (Å²) in [6.07, 6.45) is 39.7. The molecule has 0 aliphatic heterocycles. The van der Waals surface area contributed by atoms with E-state index in [1.54, 1.807) is 6.08 Å². The number of nitrogens with two attached hydrogens (primary N) is 2. The van der Waals surface area contributed by atoms with Crippen LogP contribution in [0.25, 0.3) is 5.57 Å². The van der Waals surface area contributed by atoms with Crippen molar-refractivity contribution in [3.63, 3.8) is 0 Å². The molecule has 0 saturated heterocycles. The van der Waals surface area contributed by atoms with Crippen molar-refractivity contribution in [2.75, 3.05) is 0 Å². The van der Waals surface area contributed by atoms with Crippen molar-refractivity contribution in [2.24, 2.45) is 68.4 Å². The van der Waals surface area contributed by atoms with E-state index in [9.17, 15) is 9.90 Å². The summed E-state index contributed by atoms with van der Waals surface area (Å²) in [4.78, 5) is 12.4. The topological polar surface area (TPSA) is 102 Å². The van der Waals surface area contributed by atoms with Crippen LogP contribution < -0.4 is 11.6 Å². The number of hydrogen-bond donors (Lipinski definition) is 3. The van der Waals surface area contributed by atoms with Gasteiger partial charge >= 0.3 is 5.97 Å². The first-order chi connectivity index (χ1) is 22.0. The molecule has 5 heteroatoms. The number of fused-ring (bicyclic) bond motifs is 7. The normalized spacial score (nSPS) is 34.7. The highest BCUT2D eigenvalue weighted by atomic mass is 16.4. The molecule has 5 nitrogen and oxygen atoms in total. The zero-order valence-corrected chi connectivity index (χ0v) is 28.6. The highest BCUT2D eigenvalue weighted by Gasteiger charge is 2.63. The minimum absolute atomic E-state index is 0.0680. The van der Waals surface area contributed by atoms with Crippen LogP contribution in [-0.4, -0.2) is 16.9 Å². The number of rotatable bonds is 3. The van der Waals surface area contributed by atoms with Crippen molar-refractivity contribution in [3.8, 4) is 38.5 Å². The summed E-state index contributed by atoms with van der Waals surface area (Å²) in [5.41, 5.74) is 9.55. The van der Waals surface area contributed by atoms with Gasteiger partial charge in [-0.3, -0.25) is 4.79 Å². The number of hydrazone groups is 1. The molecular weight excluding hydrogens is 566 g/mol. The van der Waals surface area contributed by atoms with Crippen molar-refractivity contribution < 1.29 is 9.90 Å². The Hall–Kier alpha value is -3.88. The Morgan fingerprint density at radius 3 is 2.15 bits per heavy atom. The van der Waals surface area contributed by atoms with Crippen molar-refractivity contribution >= 4 is 17.4 Å². The van der Waals surface area contributed by atoms with Gasteiger partial charge in [0.2, 0.25) is 0 Å². The molecule has 1 aromatic carbocycles. The minimum atomic E-state index is -0.499. The summed E-state index contributed by atoms with van der Waals surface area (Å²) in [5, 5.41) is 13.9. The summed E-state index contributed by atoms with van der Waals surface area (Å²) in [6.45, 7) is 12.8. The van der Waals surface area contributed by atoms with Crippen LogP contribution in [0.2, 0.25) is 0 Å². The number of benzene rings is 1. The number of carboxylic acids is 1. The number of allylic oxidation sites excluding steroid dienone is 3. The molecule has 0 heterocycles. The quantitative estimate of drug-likeness (QED) is 0.0786. The molecule has 5 N–H and O–H groups in total. The molecule has 0 amide bonds. The molecule has 248 valence electrons. The Kier molecular flexibility index (Phi) is 13.4. The third kappa shape index (κ3) is 6.51. The van der Waals surface area contributed by atoms with Crippen molar-refractivity contribution in [1.82, 2.24) is 0 Å². The van der Waals surface area contributed by atoms with Gasteiger partial charge in [-0.2, -0.15) is 5.10 Å². The van der Waals surface area contributed by atoms with Gasteiger partial charge in [-0.25, -0.2) is 0 Å². The second-order valence-electron chi connectivity index (χ2n) is 14.4. The molecule has 6 unspecified atom stereocenters. The first-order valence-corrected chi connectivity index (χ1v) is 16.7. The highest BCUT2D eigenvalue weighted by molar-refractivity contribution is 5.98. The number of terminal acetylenes is 3. The lowest BCUT2D eigenvalue weighted by atomic mass is 9.40. The summed E-state index contributed by atoms with van der Waals surface area (Å²) in [6, 6.07) is 8.40. The van der Waals surface area contributed by atoms with Crippen LogP contribution in [0.1, 0.15) is 103 Å². The highest BCUT2D eigenvalue weighted by Crippen LogP contribution is 2.69. The lowest BCUT2D eigenvalue weighted by Crippen LogP contribution is -2.57. The smallest absolute Gasteiger partial charge is 0.309 e. The maximum Gasteiger partial charge on any atom is 0.309 e. The number of amidine groups is 1. The van der Waals surface area contributed by atoms with E-state index in [1.165, 1.54) is 36.8 Å². The molecule has 8 atom stereocenters. The Balaban J connectivity index is 0.000000749. The summed E-state index contributed by atoms with van der Waals surface area (Å²) in [5.74, 6) is 9.27. The summed E-state index contributed by atoms with van der Waals surface area (Å²) in [7, 11) is 0. The molecule has 46 heavy (non-hydrogen) atoms. The number of hydrogen-bond acceptors (Lipinski definition) is 3. The Bertz CT molecular complexity index is 1320. The number of aliphatic carboxylic acids is 1. The summed E-state index contributed by atoms with van der Waals surface area (Å²) >= 11 is 0. The van der Waals surface area contributed by atoms with Crippen LogP contribution >= 0.6 is 0 Å². The van der Waals surface area contributed by atoms with Gasteiger partial charge in [0.05, 0.1) is 5.41 Å². The SMILES string of the molecule is C#C.C#C.C#C.C=CC.CC1(C)C(c2cccc(/C(N)=N/N)c2)=CC[C@]2(C)C3CCC4C(CC[C@@]5(C(=O)O)CCCC45)C3CCC12. The Morgan fingerprint density at radius 2 is 1.54 bits per heavy atom. The molecule has 4 fully saturated rings. The van der Waals surface area contributed by atoms with E-state index in [0.29, 0.717) is 29.0 Å². The third-order valence-corrected chi connectivity index (χ3v) is 12.5. The average molecular weight is 624 g/mol. The molecular formula is C41H57N3O2. The van der Waals surface area contributed by atoms with Gasteiger partial charge in [-0.05, 0) is 128 Å². The maximum atomic E-state index is 12.4. The van der Waals surface area contributed by atoms with Gasteiger partial charge in [0.1, 0.15) is 5.84 Å². The zero-order valence-electron chi connectivity index (χ0n) is 28.6. The van der Waals surface area contributed by atoms with Crippen LogP contribution in [0.15, 0.2) is 48.1 Å². The van der Waals surface area contributed by atoms with Crippen LogP contribution in [0.3, 0.4) is 0 Å². The second kappa shape index (κ2) is 16.1. The molecule has 0 spiro atoms. The fourth-order valence-electron chi connectivity index (χ4n) is 11.0. The van der Waals surface area contributed by atoms with Crippen molar-refractivity contribution in [1.29, 1.82) is 0 Å². The lowest BCUT2D eigenvalue weighted by molar-refractivity contribution is -0.166. The van der Waals surface area contributed by atoms with Crippen LogP contribution in [0, 0.1) is 90.3 Å². The predicted molar refractivity (Wildman–Crippen MR) is 194 cm³/mol. The number of carbonyl (C=O) groups is 1. The van der Waals surface area contributed by atoms with Crippen LogP contribution in [-0.2, 0) is 4.79 Å². The zero-order chi connectivity index (χ0) is 34.9. The number of carboxylic acid groups (broad SMARTS) is 1. The van der Waals surface area contributed by atoms with Crippen LogP contribution in [0.4, 0.5) is 0 Å². The van der Waals surface area contributed by atoms with Gasteiger partial charge < -0.3 is 16.7 Å². The predicted octanol–water partition coefficient (Wildman–Crippen LogP) is 8.36. The Morgan fingerprint density at radius 1 is 0.935 bits per heavy atom. The molecule has 5 aliphatic carbocycles. The minimum Gasteiger partial charge on any atom is -0.481 e. The van der Waals surface area contributed by atoms with Gasteiger partial charge in [0, 0.05) is 5.56 Å².